The molecule has 0 bridgehead atoms. The summed E-state index contributed by atoms with van der Waals surface area (Å²) >= 11 is 0. The zero-order valence-corrected chi connectivity index (χ0v) is 12.5. The van der Waals surface area contributed by atoms with Crippen LogP contribution < -0.4 is 5.32 Å². The third kappa shape index (κ3) is 3.31. The lowest BCUT2D eigenvalue weighted by Gasteiger charge is -2.19. The van der Waals surface area contributed by atoms with Gasteiger partial charge in [-0.3, -0.25) is 4.79 Å². The Bertz CT molecular complexity index is 588. The molecule has 0 saturated carbocycles. The Morgan fingerprint density at radius 1 is 1.33 bits per heavy atom. The molecule has 2 N–H and O–H groups in total. The Balaban J connectivity index is 2.13. The van der Waals surface area contributed by atoms with Crippen molar-refractivity contribution in [1.29, 1.82) is 0 Å². The fourth-order valence-electron chi connectivity index (χ4n) is 2.46. The van der Waals surface area contributed by atoms with Crippen LogP contribution in [0.15, 0.2) is 34.9 Å². The Hall–Kier alpha value is -2.14. The highest BCUT2D eigenvalue weighted by molar-refractivity contribution is 5.84. The number of carbonyl (C=O) groups excluding carboxylic acids is 1. The van der Waals surface area contributed by atoms with E-state index in [0.29, 0.717) is 5.76 Å². The average Bonchev–Trinajstić information content (AvgIpc) is 2.83. The van der Waals surface area contributed by atoms with Gasteiger partial charge in [0.1, 0.15) is 5.76 Å². The summed E-state index contributed by atoms with van der Waals surface area (Å²) in [6, 6.07) is 8.99. The molecule has 1 aromatic carbocycles. The predicted molar refractivity (Wildman–Crippen MR) is 78.8 cm³/mol. The van der Waals surface area contributed by atoms with Crippen LogP contribution in [0.25, 0.3) is 0 Å². The van der Waals surface area contributed by atoms with Crippen LogP contribution >= 0.6 is 0 Å². The molecule has 0 aliphatic heterocycles. The van der Waals surface area contributed by atoms with E-state index in [-0.39, 0.29) is 18.4 Å². The quantitative estimate of drug-likeness (QED) is 0.884. The van der Waals surface area contributed by atoms with E-state index < -0.39 is 6.04 Å². The topological polar surface area (TPSA) is 75.4 Å². The van der Waals surface area contributed by atoms with Crippen LogP contribution in [0, 0.1) is 13.8 Å². The number of nitrogens with one attached hydrogen (secondary N) is 1. The Morgan fingerprint density at radius 3 is 2.52 bits per heavy atom. The molecule has 2 aromatic rings. The van der Waals surface area contributed by atoms with Gasteiger partial charge < -0.3 is 14.9 Å². The van der Waals surface area contributed by atoms with Gasteiger partial charge in [0.2, 0.25) is 5.91 Å². The molecule has 0 aliphatic rings. The molecular weight excluding hydrogens is 268 g/mol. The second-order valence-electron chi connectivity index (χ2n) is 5.11. The maximum absolute atomic E-state index is 12.4. The molecule has 1 aromatic heterocycles. The van der Waals surface area contributed by atoms with Crippen molar-refractivity contribution in [3.63, 3.8) is 0 Å². The molecule has 112 valence electrons. The minimum Gasteiger partial charge on any atom is -0.394 e. The van der Waals surface area contributed by atoms with Gasteiger partial charge in [-0.05, 0) is 26.3 Å². The van der Waals surface area contributed by atoms with Crippen molar-refractivity contribution in [3.05, 3.63) is 52.9 Å². The number of rotatable bonds is 5. The van der Waals surface area contributed by atoms with E-state index in [2.05, 4.69) is 10.5 Å². The maximum Gasteiger partial charge on any atom is 0.228 e. The summed E-state index contributed by atoms with van der Waals surface area (Å²) in [5.74, 6) is 0.108. The summed E-state index contributed by atoms with van der Waals surface area (Å²) in [5.41, 5.74) is 2.40. The van der Waals surface area contributed by atoms with E-state index in [1.807, 2.05) is 37.3 Å². The molecule has 5 nitrogen and oxygen atoms in total. The number of nitrogens with zero attached hydrogens (tertiary/aromatic N) is 1. The largest absolute Gasteiger partial charge is 0.394 e. The van der Waals surface area contributed by atoms with Gasteiger partial charge in [0.05, 0.1) is 24.3 Å². The van der Waals surface area contributed by atoms with Crippen molar-refractivity contribution in [2.75, 3.05) is 6.61 Å². The number of hydrogen-bond donors (Lipinski definition) is 2. The van der Waals surface area contributed by atoms with E-state index >= 15 is 0 Å². The van der Waals surface area contributed by atoms with Crippen molar-refractivity contribution in [1.82, 2.24) is 10.5 Å². The van der Waals surface area contributed by atoms with Crippen molar-refractivity contribution < 1.29 is 14.4 Å². The molecule has 0 fully saturated rings. The minimum absolute atomic E-state index is 0.149. The first-order chi connectivity index (χ1) is 10.0. The number of aliphatic hydroxyl groups excluding tert-OH is 1. The highest BCUT2D eigenvalue weighted by atomic mass is 16.5. The monoisotopic (exact) mass is 288 g/mol. The summed E-state index contributed by atoms with van der Waals surface area (Å²) in [6.45, 7) is 5.27. The molecule has 0 saturated heterocycles. The van der Waals surface area contributed by atoms with Crippen LogP contribution in [-0.4, -0.2) is 22.8 Å². The van der Waals surface area contributed by atoms with E-state index in [1.54, 1.807) is 13.8 Å². The van der Waals surface area contributed by atoms with Crippen molar-refractivity contribution in [3.8, 4) is 0 Å². The molecule has 2 atom stereocenters. The van der Waals surface area contributed by atoms with Gasteiger partial charge in [0.15, 0.2) is 0 Å². The van der Waals surface area contributed by atoms with Gasteiger partial charge in [-0.1, -0.05) is 35.5 Å². The molecule has 0 spiro atoms. The van der Waals surface area contributed by atoms with Crippen LogP contribution in [0.4, 0.5) is 0 Å². The molecule has 1 amide bonds. The van der Waals surface area contributed by atoms with Crippen LogP contribution in [-0.2, 0) is 4.79 Å². The second-order valence-corrected chi connectivity index (χ2v) is 5.11. The first kappa shape index (κ1) is 15.3. The smallest absolute Gasteiger partial charge is 0.228 e. The van der Waals surface area contributed by atoms with Crippen LogP contribution in [0.3, 0.4) is 0 Å². The van der Waals surface area contributed by atoms with Crippen molar-refractivity contribution >= 4 is 5.91 Å². The summed E-state index contributed by atoms with van der Waals surface area (Å²) in [5, 5.41) is 16.2. The fraction of sp³-hybridized carbons (Fsp3) is 0.375. The number of aryl methyl sites for hydroxylation is 2. The second kappa shape index (κ2) is 6.54. The zero-order chi connectivity index (χ0) is 15.4. The van der Waals surface area contributed by atoms with Crippen molar-refractivity contribution in [2.45, 2.75) is 32.7 Å². The average molecular weight is 288 g/mol. The first-order valence-electron chi connectivity index (χ1n) is 6.93. The molecule has 2 rings (SSSR count). The summed E-state index contributed by atoms with van der Waals surface area (Å²) in [7, 11) is 0. The fourth-order valence-corrected chi connectivity index (χ4v) is 2.46. The lowest BCUT2D eigenvalue weighted by molar-refractivity contribution is -0.123. The van der Waals surface area contributed by atoms with Crippen LogP contribution in [0.5, 0.6) is 0 Å². The molecule has 0 aliphatic carbocycles. The minimum atomic E-state index is -0.415. The first-order valence-corrected chi connectivity index (χ1v) is 6.93. The van der Waals surface area contributed by atoms with Gasteiger partial charge in [-0.25, -0.2) is 0 Å². The molecule has 5 heteroatoms. The lowest BCUT2D eigenvalue weighted by Crippen LogP contribution is -2.34. The van der Waals surface area contributed by atoms with E-state index in [4.69, 9.17) is 4.52 Å². The van der Waals surface area contributed by atoms with Gasteiger partial charge >= 0.3 is 0 Å². The van der Waals surface area contributed by atoms with E-state index in [9.17, 15) is 9.90 Å². The summed E-state index contributed by atoms with van der Waals surface area (Å²) in [6.07, 6.45) is 0. The molecule has 2 unspecified atom stereocenters. The molecular formula is C16H20N2O3. The molecule has 0 radical (unpaired) electrons. The van der Waals surface area contributed by atoms with E-state index in [1.165, 1.54) is 0 Å². The molecule has 21 heavy (non-hydrogen) atoms. The Kier molecular flexibility index (Phi) is 4.75. The number of aromatic nitrogens is 1. The zero-order valence-electron chi connectivity index (χ0n) is 12.5. The third-order valence-corrected chi connectivity index (χ3v) is 3.62. The summed E-state index contributed by atoms with van der Waals surface area (Å²) < 4.78 is 5.10. The van der Waals surface area contributed by atoms with Crippen LogP contribution in [0.2, 0.25) is 0 Å². The maximum atomic E-state index is 12.4. The SMILES string of the molecule is Cc1noc(C)c1C(C)C(=O)NC(CO)c1ccccc1. The van der Waals surface area contributed by atoms with Gasteiger partial charge in [-0.2, -0.15) is 0 Å². The number of carbonyl (C=O) groups is 1. The number of benzene rings is 1. The van der Waals surface area contributed by atoms with Crippen molar-refractivity contribution in [2.24, 2.45) is 0 Å². The van der Waals surface area contributed by atoms with E-state index in [0.717, 1.165) is 16.8 Å². The standard InChI is InChI=1S/C16H20N2O3/c1-10(15-11(2)18-21-12(15)3)16(20)17-14(9-19)13-7-5-4-6-8-13/h4-8,10,14,19H,9H2,1-3H3,(H,17,20). The number of amides is 1. The predicted octanol–water partition coefficient (Wildman–Crippen LogP) is 2.24. The molecule has 1 heterocycles. The number of aliphatic hydroxyl groups is 1. The Labute approximate surface area is 124 Å². The Morgan fingerprint density at radius 2 is 2.00 bits per heavy atom. The van der Waals surface area contributed by atoms with Gasteiger partial charge in [0, 0.05) is 5.56 Å². The highest BCUT2D eigenvalue weighted by Gasteiger charge is 2.25. The highest BCUT2D eigenvalue weighted by Crippen LogP contribution is 2.24. The van der Waals surface area contributed by atoms with Gasteiger partial charge in [-0.15, -0.1) is 0 Å². The number of hydrogen-bond acceptors (Lipinski definition) is 4. The normalized spacial score (nSPS) is 13.7. The summed E-state index contributed by atoms with van der Waals surface area (Å²) in [4.78, 5) is 12.4. The third-order valence-electron chi connectivity index (χ3n) is 3.62. The lowest BCUT2D eigenvalue weighted by atomic mass is 9.97. The van der Waals surface area contributed by atoms with Gasteiger partial charge in [0.25, 0.3) is 0 Å². The van der Waals surface area contributed by atoms with Crippen LogP contribution in [0.1, 0.15) is 41.5 Å².